The molecule has 1 aromatic carbocycles. The maximum atomic E-state index is 9.68. The van der Waals surface area contributed by atoms with Crippen LogP contribution in [0.25, 0.3) is 0 Å². The van der Waals surface area contributed by atoms with Crippen molar-refractivity contribution in [3.05, 3.63) is 29.3 Å². The summed E-state index contributed by atoms with van der Waals surface area (Å²) in [7, 11) is 2.14. The first kappa shape index (κ1) is 13.4. The lowest BCUT2D eigenvalue weighted by Gasteiger charge is -2.34. The van der Waals surface area contributed by atoms with E-state index >= 15 is 0 Å². The Morgan fingerprint density at radius 3 is 2.50 bits per heavy atom. The van der Waals surface area contributed by atoms with Gasteiger partial charge in [-0.05, 0) is 45.0 Å². The van der Waals surface area contributed by atoms with E-state index in [1.165, 1.54) is 16.8 Å². The molecule has 0 radical (unpaired) electrons. The van der Waals surface area contributed by atoms with E-state index in [9.17, 15) is 5.11 Å². The van der Waals surface area contributed by atoms with Crippen LogP contribution in [0, 0.1) is 13.8 Å². The number of aliphatic hydroxyl groups is 1. The molecule has 0 aliphatic carbocycles. The number of rotatable bonds is 2. The van der Waals surface area contributed by atoms with Gasteiger partial charge in [0.1, 0.15) is 0 Å². The van der Waals surface area contributed by atoms with Gasteiger partial charge in [0, 0.05) is 18.8 Å². The van der Waals surface area contributed by atoms with Crippen molar-refractivity contribution in [2.75, 3.05) is 38.2 Å². The van der Waals surface area contributed by atoms with Gasteiger partial charge in [-0.15, -0.1) is 0 Å². The van der Waals surface area contributed by atoms with Crippen molar-refractivity contribution in [2.45, 2.75) is 26.3 Å². The Morgan fingerprint density at radius 2 is 1.89 bits per heavy atom. The minimum Gasteiger partial charge on any atom is -0.394 e. The largest absolute Gasteiger partial charge is 0.394 e. The van der Waals surface area contributed by atoms with E-state index in [1.54, 1.807) is 0 Å². The highest BCUT2D eigenvalue weighted by atomic mass is 16.3. The number of nitrogens with zero attached hydrogens (tertiary/aromatic N) is 2. The van der Waals surface area contributed by atoms with E-state index < -0.39 is 0 Å². The summed E-state index contributed by atoms with van der Waals surface area (Å²) >= 11 is 0. The van der Waals surface area contributed by atoms with Crippen LogP contribution in [0.2, 0.25) is 0 Å². The lowest BCUT2D eigenvalue weighted by atomic mass is 10.1. The highest BCUT2D eigenvalue weighted by Crippen LogP contribution is 2.27. The van der Waals surface area contributed by atoms with Crippen LogP contribution >= 0.6 is 0 Å². The number of aryl methyl sites for hydroxylation is 2. The molecule has 18 heavy (non-hydrogen) atoms. The molecule has 1 atom stereocenters. The molecule has 1 fully saturated rings. The second-order valence-electron chi connectivity index (χ2n) is 5.39. The average Bonchev–Trinajstić information content (AvgIpc) is 2.51. The molecular formula is C15H24N2O. The molecule has 1 saturated heterocycles. The molecule has 1 unspecified atom stereocenters. The standard InChI is InChI=1S/C15H24N2O/c1-12-6-4-7-13(2)15(12)17-9-5-8-16(3)10-14(17)11-18/h4,6-7,14,18H,5,8-11H2,1-3H3. The van der Waals surface area contributed by atoms with Crippen LogP contribution in [-0.2, 0) is 0 Å². The highest BCUT2D eigenvalue weighted by Gasteiger charge is 2.24. The third-order valence-corrected chi connectivity index (χ3v) is 3.84. The maximum Gasteiger partial charge on any atom is 0.0648 e. The van der Waals surface area contributed by atoms with Crippen LogP contribution in [-0.4, -0.2) is 49.3 Å². The minimum atomic E-state index is 0.206. The van der Waals surface area contributed by atoms with Gasteiger partial charge in [-0.2, -0.15) is 0 Å². The quantitative estimate of drug-likeness (QED) is 0.864. The van der Waals surface area contributed by atoms with Crippen LogP contribution in [0.5, 0.6) is 0 Å². The maximum absolute atomic E-state index is 9.68. The highest BCUT2D eigenvalue weighted by molar-refractivity contribution is 5.59. The van der Waals surface area contributed by atoms with Crippen LogP contribution in [0.1, 0.15) is 17.5 Å². The van der Waals surface area contributed by atoms with Gasteiger partial charge in [0.15, 0.2) is 0 Å². The smallest absolute Gasteiger partial charge is 0.0648 e. The molecule has 1 N–H and O–H groups in total. The number of benzene rings is 1. The van der Waals surface area contributed by atoms with Gasteiger partial charge in [-0.1, -0.05) is 18.2 Å². The van der Waals surface area contributed by atoms with E-state index in [0.29, 0.717) is 0 Å². The molecule has 2 rings (SSSR count). The summed E-state index contributed by atoms with van der Waals surface area (Å²) in [5.41, 5.74) is 3.92. The molecule has 1 heterocycles. The Labute approximate surface area is 110 Å². The number of anilines is 1. The minimum absolute atomic E-state index is 0.206. The normalized spacial score (nSPS) is 22.0. The third kappa shape index (κ3) is 2.68. The lowest BCUT2D eigenvalue weighted by molar-refractivity contribution is 0.229. The summed E-state index contributed by atoms with van der Waals surface area (Å²) in [5.74, 6) is 0. The zero-order valence-electron chi connectivity index (χ0n) is 11.7. The third-order valence-electron chi connectivity index (χ3n) is 3.84. The summed E-state index contributed by atoms with van der Waals surface area (Å²) in [6.07, 6.45) is 1.15. The van der Waals surface area contributed by atoms with Crippen molar-refractivity contribution in [2.24, 2.45) is 0 Å². The van der Waals surface area contributed by atoms with Crippen molar-refractivity contribution in [1.82, 2.24) is 4.90 Å². The second kappa shape index (κ2) is 5.72. The second-order valence-corrected chi connectivity index (χ2v) is 5.39. The lowest BCUT2D eigenvalue weighted by Crippen LogP contribution is -2.43. The van der Waals surface area contributed by atoms with E-state index in [4.69, 9.17) is 0 Å². The fraction of sp³-hybridized carbons (Fsp3) is 0.600. The van der Waals surface area contributed by atoms with Crippen LogP contribution in [0.3, 0.4) is 0 Å². The SMILES string of the molecule is Cc1cccc(C)c1N1CCCN(C)CC1CO. The molecule has 1 aromatic rings. The Balaban J connectivity index is 2.34. The molecule has 3 nitrogen and oxygen atoms in total. The first-order valence-electron chi connectivity index (χ1n) is 6.75. The fourth-order valence-corrected chi connectivity index (χ4v) is 2.95. The fourth-order valence-electron chi connectivity index (χ4n) is 2.95. The van der Waals surface area contributed by atoms with Crippen molar-refractivity contribution in [3.8, 4) is 0 Å². The predicted molar refractivity (Wildman–Crippen MR) is 76.2 cm³/mol. The molecule has 0 bridgehead atoms. The van der Waals surface area contributed by atoms with Gasteiger partial charge in [0.25, 0.3) is 0 Å². The summed E-state index contributed by atoms with van der Waals surface area (Å²) in [6, 6.07) is 6.63. The van der Waals surface area contributed by atoms with Crippen molar-refractivity contribution in [3.63, 3.8) is 0 Å². The number of para-hydroxylation sites is 1. The number of aliphatic hydroxyl groups excluding tert-OH is 1. The summed E-state index contributed by atoms with van der Waals surface area (Å²) < 4.78 is 0. The van der Waals surface area contributed by atoms with Gasteiger partial charge in [0.05, 0.1) is 12.6 Å². The first-order chi connectivity index (χ1) is 8.63. The van der Waals surface area contributed by atoms with Gasteiger partial charge < -0.3 is 14.9 Å². The Bertz CT molecular complexity index is 385. The number of hydrogen-bond donors (Lipinski definition) is 1. The summed E-state index contributed by atoms with van der Waals surface area (Å²) in [4.78, 5) is 4.71. The first-order valence-corrected chi connectivity index (χ1v) is 6.75. The number of likely N-dealkylation sites (N-methyl/N-ethyl adjacent to an activating group) is 1. The molecule has 1 aliphatic rings. The topological polar surface area (TPSA) is 26.7 Å². The summed E-state index contributed by atoms with van der Waals surface area (Å²) in [6.45, 7) is 7.61. The summed E-state index contributed by atoms with van der Waals surface area (Å²) in [5, 5.41) is 9.68. The van der Waals surface area contributed by atoms with Crippen molar-refractivity contribution in [1.29, 1.82) is 0 Å². The van der Waals surface area contributed by atoms with Gasteiger partial charge in [-0.25, -0.2) is 0 Å². The van der Waals surface area contributed by atoms with Gasteiger partial charge >= 0.3 is 0 Å². The Kier molecular flexibility index (Phi) is 4.25. The van der Waals surface area contributed by atoms with Crippen LogP contribution in [0.4, 0.5) is 5.69 Å². The van der Waals surface area contributed by atoms with E-state index in [-0.39, 0.29) is 12.6 Å². The van der Waals surface area contributed by atoms with E-state index in [0.717, 1.165) is 26.1 Å². The molecule has 0 spiro atoms. The molecular weight excluding hydrogens is 224 g/mol. The molecule has 0 aromatic heterocycles. The van der Waals surface area contributed by atoms with Gasteiger partial charge in [-0.3, -0.25) is 0 Å². The molecule has 3 heteroatoms. The molecule has 100 valence electrons. The predicted octanol–water partition coefficient (Wildman–Crippen LogP) is 1.81. The van der Waals surface area contributed by atoms with Crippen molar-refractivity contribution < 1.29 is 5.11 Å². The monoisotopic (exact) mass is 248 g/mol. The Hall–Kier alpha value is -1.06. The number of hydrogen-bond acceptors (Lipinski definition) is 3. The molecule has 0 saturated carbocycles. The molecule has 1 aliphatic heterocycles. The van der Waals surface area contributed by atoms with Crippen LogP contribution in [0.15, 0.2) is 18.2 Å². The van der Waals surface area contributed by atoms with Crippen LogP contribution < -0.4 is 4.90 Å². The molecule has 0 amide bonds. The zero-order chi connectivity index (χ0) is 13.1. The van der Waals surface area contributed by atoms with E-state index in [1.807, 2.05) is 0 Å². The zero-order valence-corrected chi connectivity index (χ0v) is 11.7. The van der Waals surface area contributed by atoms with Gasteiger partial charge in [0.2, 0.25) is 0 Å². The van der Waals surface area contributed by atoms with Crippen molar-refractivity contribution >= 4 is 5.69 Å². The van der Waals surface area contributed by atoms with E-state index in [2.05, 4.69) is 48.9 Å². The Morgan fingerprint density at radius 1 is 1.22 bits per heavy atom. The average molecular weight is 248 g/mol.